The molecule has 2 aromatic carbocycles. The molecule has 1 N–H and O–H groups in total. The number of thiocarbonyl (C=S) groups is 1. The van der Waals surface area contributed by atoms with Crippen molar-refractivity contribution in [1.82, 2.24) is 14.9 Å². The third kappa shape index (κ3) is 4.79. The van der Waals surface area contributed by atoms with Crippen LogP contribution in [0.4, 0.5) is 11.4 Å². The highest BCUT2D eigenvalue weighted by Gasteiger charge is 2.41. The number of nitrogens with zero attached hydrogens (tertiary/aromatic N) is 4. The van der Waals surface area contributed by atoms with Crippen molar-refractivity contribution >= 4 is 40.3 Å². The zero-order valence-electron chi connectivity index (χ0n) is 21.7. The lowest BCUT2D eigenvalue weighted by molar-refractivity contribution is 0.357. The molecule has 2 aromatic heterocycles. The van der Waals surface area contributed by atoms with E-state index in [1.807, 2.05) is 24.4 Å². The Labute approximate surface area is 235 Å². The number of nitrogens with one attached hydrogen (secondary N) is 1. The largest absolute Gasteiger partial charge is 0.370 e. The zero-order chi connectivity index (χ0) is 26.2. The molecule has 0 unspecified atom stereocenters. The highest BCUT2D eigenvalue weighted by atomic mass is 35.5. The SMILES string of the molecule is C[C@@H]1C[C@H](C)CN(c2ccc(N3C(=S)N[C@@H](c4ccccn4)[C@H]3c3ccn(-c4ccccc4)c3)cc2Cl)C1. The summed E-state index contributed by atoms with van der Waals surface area (Å²) >= 11 is 12.9. The summed E-state index contributed by atoms with van der Waals surface area (Å²) in [7, 11) is 0. The lowest BCUT2D eigenvalue weighted by Gasteiger charge is -2.37. The summed E-state index contributed by atoms with van der Waals surface area (Å²) in [6, 6.07) is 24.7. The van der Waals surface area contributed by atoms with Crippen molar-refractivity contribution in [2.75, 3.05) is 22.9 Å². The zero-order valence-corrected chi connectivity index (χ0v) is 23.2. The van der Waals surface area contributed by atoms with Gasteiger partial charge in [0.2, 0.25) is 0 Å². The van der Waals surface area contributed by atoms with Gasteiger partial charge in [-0.3, -0.25) is 4.98 Å². The maximum Gasteiger partial charge on any atom is 0.174 e. The molecule has 2 fully saturated rings. The van der Waals surface area contributed by atoms with Gasteiger partial charge in [0.05, 0.1) is 28.5 Å². The second-order valence-electron chi connectivity index (χ2n) is 10.7. The molecule has 0 saturated carbocycles. The standard InChI is InChI=1S/C31H32ClN5S/c1-21-16-22(2)19-36(18-21)28-12-11-25(17-26(28)32)37-30(29(34-31(37)38)27-10-6-7-14-33-27)23-13-15-35(20-23)24-8-4-3-5-9-24/h3-15,17,20-22,29-30H,16,18-19H2,1-2H3,(H,34,38)/t21-,22+,29-,30+/m0/s1. The van der Waals surface area contributed by atoms with E-state index in [-0.39, 0.29) is 12.1 Å². The molecule has 0 bridgehead atoms. The van der Waals surface area contributed by atoms with Crippen LogP contribution in [0.5, 0.6) is 0 Å². The van der Waals surface area contributed by atoms with Gasteiger partial charge in [-0.05, 0) is 84.6 Å². The Balaban J connectivity index is 1.38. The molecule has 6 rings (SSSR count). The fraction of sp³-hybridized carbons (Fsp3) is 0.290. The van der Waals surface area contributed by atoms with Gasteiger partial charge in [0.1, 0.15) is 0 Å². The van der Waals surface area contributed by atoms with Crippen LogP contribution in [0, 0.1) is 11.8 Å². The summed E-state index contributed by atoms with van der Waals surface area (Å²) in [5.74, 6) is 1.31. The normalized spacial score (nSPS) is 23.5. The molecule has 2 aliphatic heterocycles. The fourth-order valence-corrected chi connectivity index (χ4v) is 6.72. The lowest BCUT2D eigenvalue weighted by atomic mass is 9.91. The lowest BCUT2D eigenvalue weighted by Crippen LogP contribution is -2.38. The van der Waals surface area contributed by atoms with Gasteiger partial charge in [-0.2, -0.15) is 0 Å². The molecular formula is C31H32ClN5S. The highest BCUT2D eigenvalue weighted by Crippen LogP contribution is 2.43. The van der Waals surface area contributed by atoms with Gasteiger partial charge in [0.25, 0.3) is 0 Å². The first kappa shape index (κ1) is 25.0. The number of hydrogen-bond acceptors (Lipinski definition) is 3. The van der Waals surface area contributed by atoms with Gasteiger partial charge < -0.3 is 19.7 Å². The predicted molar refractivity (Wildman–Crippen MR) is 160 cm³/mol. The van der Waals surface area contributed by atoms with Gasteiger partial charge in [0, 0.05) is 43.1 Å². The van der Waals surface area contributed by atoms with Crippen molar-refractivity contribution in [2.24, 2.45) is 11.8 Å². The summed E-state index contributed by atoms with van der Waals surface area (Å²) in [6.07, 6.45) is 7.39. The molecule has 2 saturated heterocycles. The highest BCUT2D eigenvalue weighted by molar-refractivity contribution is 7.80. The van der Waals surface area contributed by atoms with Crippen molar-refractivity contribution in [3.63, 3.8) is 0 Å². The molecule has 0 amide bonds. The van der Waals surface area contributed by atoms with E-state index in [4.69, 9.17) is 23.8 Å². The first-order valence-electron chi connectivity index (χ1n) is 13.3. The second-order valence-corrected chi connectivity index (χ2v) is 11.5. The van der Waals surface area contributed by atoms with Crippen molar-refractivity contribution < 1.29 is 0 Å². The summed E-state index contributed by atoms with van der Waals surface area (Å²) in [5.41, 5.74) is 5.29. The van der Waals surface area contributed by atoms with Crippen LogP contribution in [0.25, 0.3) is 5.69 Å². The number of piperidine rings is 1. The maximum atomic E-state index is 6.97. The van der Waals surface area contributed by atoms with Crippen LogP contribution in [0.2, 0.25) is 5.02 Å². The first-order chi connectivity index (χ1) is 18.5. The molecule has 4 aromatic rings. The second kappa shape index (κ2) is 10.4. The molecular weight excluding hydrogens is 510 g/mol. The summed E-state index contributed by atoms with van der Waals surface area (Å²) in [5, 5.41) is 4.98. The van der Waals surface area contributed by atoms with Gasteiger partial charge in [-0.1, -0.05) is 49.7 Å². The number of hydrogen-bond donors (Lipinski definition) is 1. The molecule has 7 heteroatoms. The average molecular weight is 542 g/mol. The Morgan fingerprint density at radius 3 is 2.39 bits per heavy atom. The van der Waals surface area contributed by atoms with Crippen molar-refractivity contribution in [1.29, 1.82) is 0 Å². The fourth-order valence-electron chi connectivity index (χ4n) is 6.08. The Morgan fingerprint density at radius 2 is 1.68 bits per heavy atom. The van der Waals surface area contributed by atoms with E-state index in [2.05, 4.69) is 106 Å². The Morgan fingerprint density at radius 1 is 0.921 bits per heavy atom. The maximum absolute atomic E-state index is 6.97. The number of para-hydroxylation sites is 1. The molecule has 4 atom stereocenters. The van der Waals surface area contributed by atoms with Gasteiger partial charge in [-0.15, -0.1) is 0 Å². The molecule has 5 nitrogen and oxygen atoms in total. The van der Waals surface area contributed by atoms with Crippen LogP contribution in [-0.2, 0) is 0 Å². The third-order valence-corrected chi connectivity index (χ3v) is 8.25. The Hall–Kier alpha value is -3.35. The molecule has 2 aliphatic rings. The van der Waals surface area contributed by atoms with E-state index < -0.39 is 0 Å². The van der Waals surface area contributed by atoms with Crippen LogP contribution in [0.3, 0.4) is 0 Å². The first-order valence-corrected chi connectivity index (χ1v) is 14.0. The molecule has 0 spiro atoms. The average Bonchev–Trinajstić information content (AvgIpc) is 3.54. The minimum atomic E-state index is -0.0995. The minimum absolute atomic E-state index is 0.0840. The van der Waals surface area contributed by atoms with Gasteiger partial charge in [0.15, 0.2) is 5.11 Å². The molecule has 4 heterocycles. The summed E-state index contributed by atoms with van der Waals surface area (Å²) in [4.78, 5) is 9.30. The minimum Gasteiger partial charge on any atom is -0.370 e. The number of aromatic nitrogens is 2. The molecule has 0 radical (unpaired) electrons. The number of halogens is 1. The van der Waals surface area contributed by atoms with Crippen LogP contribution >= 0.6 is 23.8 Å². The topological polar surface area (TPSA) is 36.3 Å². The number of pyridine rings is 1. The van der Waals surface area contributed by atoms with E-state index in [0.717, 1.165) is 46.4 Å². The summed E-state index contributed by atoms with van der Waals surface area (Å²) in [6.45, 7) is 6.71. The number of anilines is 2. The van der Waals surface area contributed by atoms with E-state index in [1.165, 1.54) is 6.42 Å². The van der Waals surface area contributed by atoms with Gasteiger partial charge >= 0.3 is 0 Å². The van der Waals surface area contributed by atoms with Crippen LogP contribution < -0.4 is 15.1 Å². The summed E-state index contributed by atoms with van der Waals surface area (Å²) < 4.78 is 2.15. The monoisotopic (exact) mass is 541 g/mol. The van der Waals surface area contributed by atoms with Crippen LogP contribution in [0.1, 0.15) is 43.6 Å². The predicted octanol–water partition coefficient (Wildman–Crippen LogP) is 7.19. The van der Waals surface area contributed by atoms with E-state index >= 15 is 0 Å². The Kier molecular flexibility index (Phi) is 6.85. The Bertz CT molecular complexity index is 1410. The van der Waals surface area contributed by atoms with Crippen molar-refractivity contribution in [3.05, 3.63) is 108 Å². The third-order valence-electron chi connectivity index (χ3n) is 7.63. The quantitative estimate of drug-likeness (QED) is 0.271. The van der Waals surface area contributed by atoms with E-state index in [0.29, 0.717) is 16.9 Å². The molecule has 194 valence electrons. The number of benzene rings is 2. The van der Waals surface area contributed by atoms with E-state index in [9.17, 15) is 0 Å². The molecule has 0 aliphatic carbocycles. The van der Waals surface area contributed by atoms with Gasteiger partial charge in [-0.25, -0.2) is 0 Å². The van der Waals surface area contributed by atoms with Crippen molar-refractivity contribution in [3.8, 4) is 5.69 Å². The van der Waals surface area contributed by atoms with Crippen LogP contribution in [-0.4, -0.2) is 27.8 Å². The van der Waals surface area contributed by atoms with Crippen LogP contribution in [0.15, 0.2) is 91.4 Å². The number of rotatable bonds is 5. The molecule has 38 heavy (non-hydrogen) atoms. The van der Waals surface area contributed by atoms with E-state index in [1.54, 1.807) is 0 Å². The smallest absolute Gasteiger partial charge is 0.174 e. The van der Waals surface area contributed by atoms with Crippen molar-refractivity contribution in [2.45, 2.75) is 32.4 Å².